The fraction of sp³-hybridized carbons (Fsp3) is 0.417. The first kappa shape index (κ1) is 11.8. The first-order valence-corrected chi connectivity index (χ1v) is 4.78. The third-order valence-electron chi connectivity index (χ3n) is 2.47. The Balaban J connectivity index is 2.95. The minimum atomic E-state index is -3.24. The maximum Gasteiger partial charge on any atom is 0.302 e. The lowest BCUT2D eigenvalue weighted by Crippen LogP contribution is -2.26. The summed E-state index contributed by atoms with van der Waals surface area (Å²) in [6.45, 7) is 4.29. The molecule has 0 aliphatic heterocycles. The fourth-order valence-corrected chi connectivity index (χ4v) is 1.44. The maximum atomic E-state index is 12.7. The van der Waals surface area contributed by atoms with Crippen LogP contribution >= 0.6 is 0 Å². The average molecular weight is 212 g/mol. The van der Waals surface area contributed by atoms with Gasteiger partial charge in [-0.1, -0.05) is 18.2 Å². The summed E-state index contributed by atoms with van der Waals surface area (Å²) in [5.41, 5.74) is 2.48. The van der Waals surface area contributed by atoms with Gasteiger partial charge in [-0.25, -0.2) is 0 Å². The molecule has 1 nitrogen and oxygen atoms in total. The molecule has 15 heavy (non-hydrogen) atoms. The van der Waals surface area contributed by atoms with E-state index in [1.807, 2.05) is 32.0 Å². The highest BCUT2D eigenvalue weighted by molar-refractivity contribution is 5.87. The lowest BCUT2D eigenvalue weighted by Gasteiger charge is -2.12. The lowest BCUT2D eigenvalue weighted by atomic mass is 9.96. The smallest absolute Gasteiger partial charge is 0.293 e. The summed E-state index contributed by atoms with van der Waals surface area (Å²) < 4.78 is 25.4. The topological polar surface area (TPSA) is 17.1 Å². The van der Waals surface area contributed by atoms with Crippen LogP contribution in [-0.2, 0) is 11.2 Å². The number of aryl methyl sites for hydroxylation is 2. The second kappa shape index (κ2) is 4.09. The Morgan fingerprint density at radius 1 is 1.27 bits per heavy atom. The van der Waals surface area contributed by atoms with Crippen molar-refractivity contribution in [2.45, 2.75) is 33.1 Å². The lowest BCUT2D eigenvalue weighted by molar-refractivity contribution is -0.139. The summed E-state index contributed by atoms with van der Waals surface area (Å²) in [4.78, 5) is 11.2. The second-order valence-electron chi connectivity index (χ2n) is 3.86. The van der Waals surface area contributed by atoms with Gasteiger partial charge >= 0.3 is 5.92 Å². The van der Waals surface area contributed by atoms with Crippen molar-refractivity contribution in [2.75, 3.05) is 0 Å². The Kier molecular flexibility index (Phi) is 3.22. The summed E-state index contributed by atoms with van der Waals surface area (Å²) in [6.07, 6.45) is -0.192. The van der Waals surface area contributed by atoms with Crippen LogP contribution in [0.25, 0.3) is 0 Å². The third kappa shape index (κ3) is 2.85. The predicted molar refractivity (Wildman–Crippen MR) is 55.2 cm³/mol. The molecule has 0 spiro atoms. The van der Waals surface area contributed by atoms with Crippen molar-refractivity contribution in [1.82, 2.24) is 0 Å². The van der Waals surface area contributed by atoms with Crippen molar-refractivity contribution in [1.29, 1.82) is 0 Å². The van der Waals surface area contributed by atoms with Crippen molar-refractivity contribution in [3.63, 3.8) is 0 Å². The van der Waals surface area contributed by atoms with Crippen LogP contribution in [0.4, 0.5) is 8.78 Å². The molecule has 1 aromatic carbocycles. The molecule has 0 N–H and O–H groups in total. The molecule has 1 aromatic rings. The van der Waals surface area contributed by atoms with Gasteiger partial charge in [0, 0.05) is 13.3 Å². The molecule has 0 aliphatic rings. The average Bonchev–Trinajstić information content (AvgIpc) is 2.09. The van der Waals surface area contributed by atoms with Crippen LogP contribution in [0.5, 0.6) is 0 Å². The van der Waals surface area contributed by atoms with Crippen LogP contribution in [0.2, 0.25) is 0 Å². The van der Waals surface area contributed by atoms with Gasteiger partial charge in [-0.2, -0.15) is 8.78 Å². The second-order valence-corrected chi connectivity index (χ2v) is 3.86. The van der Waals surface area contributed by atoms with E-state index < -0.39 is 11.7 Å². The zero-order chi connectivity index (χ0) is 11.6. The minimum Gasteiger partial charge on any atom is -0.293 e. The monoisotopic (exact) mass is 212 g/mol. The summed E-state index contributed by atoms with van der Waals surface area (Å²) >= 11 is 0. The first-order chi connectivity index (χ1) is 6.82. The number of Topliss-reactive ketones (excluding diaryl/α,β-unsaturated/α-hetero) is 1. The van der Waals surface area contributed by atoms with Gasteiger partial charge in [0.1, 0.15) is 0 Å². The molecular formula is C12H14F2O. The van der Waals surface area contributed by atoms with Crippen molar-refractivity contribution < 1.29 is 13.6 Å². The van der Waals surface area contributed by atoms with Crippen LogP contribution in [0.1, 0.15) is 23.6 Å². The summed E-state index contributed by atoms with van der Waals surface area (Å²) in [5.74, 6) is -4.27. The van der Waals surface area contributed by atoms with Crippen LogP contribution < -0.4 is 0 Å². The molecular weight excluding hydrogens is 198 g/mol. The number of hydrogen-bond donors (Lipinski definition) is 0. The molecule has 3 heteroatoms. The molecule has 0 saturated heterocycles. The van der Waals surface area contributed by atoms with Crippen LogP contribution in [0.15, 0.2) is 18.2 Å². The Morgan fingerprint density at radius 3 is 2.13 bits per heavy atom. The fourth-order valence-electron chi connectivity index (χ4n) is 1.44. The normalized spacial score (nSPS) is 11.5. The Labute approximate surface area is 88.1 Å². The number of ketones is 1. The van der Waals surface area contributed by atoms with Gasteiger partial charge in [-0.05, 0) is 30.5 Å². The summed E-state index contributed by atoms with van der Waals surface area (Å²) in [7, 11) is 0. The Morgan fingerprint density at radius 2 is 1.73 bits per heavy atom. The number of carbonyl (C=O) groups is 1. The molecule has 0 fully saturated rings. The highest BCUT2D eigenvalue weighted by atomic mass is 19.3. The number of benzene rings is 1. The number of carbonyl (C=O) groups excluding carboxylic acids is 1. The van der Waals surface area contributed by atoms with E-state index in [-0.39, 0.29) is 6.42 Å². The van der Waals surface area contributed by atoms with Crippen molar-refractivity contribution in [3.8, 4) is 0 Å². The molecule has 0 amide bonds. The highest BCUT2D eigenvalue weighted by Gasteiger charge is 2.32. The first-order valence-electron chi connectivity index (χ1n) is 4.78. The van der Waals surface area contributed by atoms with Gasteiger partial charge in [-0.15, -0.1) is 0 Å². The molecule has 1 rings (SSSR count). The molecule has 0 aromatic heterocycles. The zero-order valence-corrected chi connectivity index (χ0v) is 9.10. The number of alkyl halides is 2. The predicted octanol–water partition coefficient (Wildman–Crippen LogP) is 3.07. The van der Waals surface area contributed by atoms with E-state index in [2.05, 4.69) is 0 Å². The van der Waals surface area contributed by atoms with E-state index in [0.29, 0.717) is 12.5 Å². The molecule has 0 atom stereocenters. The van der Waals surface area contributed by atoms with Gasteiger partial charge in [-0.3, -0.25) is 4.79 Å². The molecule has 0 unspecified atom stereocenters. The van der Waals surface area contributed by atoms with Gasteiger partial charge in [0.15, 0.2) is 0 Å². The van der Waals surface area contributed by atoms with Gasteiger partial charge in [0.05, 0.1) is 0 Å². The standard InChI is InChI=1S/C12H14F2O/c1-8-5-4-6-9(2)10(8)7-11(15)12(3,13)14/h4-6H,7H2,1-3H3. The van der Waals surface area contributed by atoms with Crippen LogP contribution in [0, 0.1) is 13.8 Å². The molecule has 0 radical (unpaired) electrons. The molecule has 0 bridgehead atoms. The van der Waals surface area contributed by atoms with Crippen molar-refractivity contribution >= 4 is 5.78 Å². The highest BCUT2D eigenvalue weighted by Crippen LogP contribution is 2.20. The molecule has 0 aliphatic carbocycles. The minimum absolute atomic E-state index is 0.192. The van der Waals surface area contributed by atoms with E-state index in [9.17, 15) is 13.6 Å². The summed E-state index contributed by atoms with van der Waals surface area (Å²) in [5, 5.41) is 0. The maximum absolute atomic E-state index is 12.7. The quantitative estimate of drug-likeness (QED) is 0.752. The van der Waals surface area contributed by atoms with Crippen LogP contribution in [-0.4, -0.2) is 11.7 Å². The molecule has 82 valence electrons. The van der Waals surface area contributed by atoms with E-state index >= 15 is 0 Å². The zero-order valence-electron chi connectivity index (χ0n) is 9.10. The van der Waals surface area contributed by atoms with Gasteiger partial charge in [0.2, 0.25) is 5.78 Å². The number of rotatable bonds is 3. The largest absolute Gasteiger partial charge is 0.302 e. The Bertz CT molecular complexity index is 357. The van der Waals surface area contributed by atoms with E-state index in [0.717, 1.165) is 11.1 Å². The molecule has 0 saturated carbocycles. The number of hydrogen-bond acceptors (Lipinski definition) is 1. The van der Waals surface area contributed by atoms with E-state index in [1.165, 1.54) is 0 Å². The molecule has 0 heterocycles. The van der Waals surface area contributed by atoms with Crippen molar-refractivity contribution in [3.05, 3.63) is 34.9 Å². The number of halogens is 2. The van der Waals surface area contributed by atoms with E-state index in [1.54, 1.807) is 0 Å². The Hall–Kier alpha value is -1.25. The SMILES string of the molecule is Cc1cccc(C)c1CC(=O)C(C)(F)F. The van der Waals surface area contributed by atoms with Gasteiger partial charge < -0.3 is 0 Å². The summed E-state index contributed by atoms with van der Waals surface area (Å²) in [6, 6.07) is 5.50. The van der Waals surface area contributed by atoms with Gasteiger partial charge in [0.25, 0.3) is 0 Å². The van der Waals surface area contributed by atoms with E-state index in [4.69, 9.17) is 0 Å². The van der Waals surface area contributed by atoms with Crippen LogP contribution in [0.3, 0.4) is 0 Å². The van der Waals surface area contributed by atoms with Crippen molar-refractivity contribution in [2.24, 2.45) is 0 Å². The third-order valence-corrected chi connectivity index (χ3v) is 2.47.